The lowest BCUT2D eigenvalue weighted by atomic mass is 9.88. The van der Waals surface area contributed by atoms with E-state index in [1.165, 1.54) is 10.6 Å². The van der Waals surface area contributed by atoms with E-state index in [9.17, 15) is 14.0 Å². The van der Waals surface area contributed by atoms with E-state index in [0.717, 1.165) is 11.8 Å². The summed E-state index contributed by atoms with van der Waals surface area (Å²) in [6.45, 7) is 3.40. The maximum absolute atomic E-state index is 14.7. The van der Waals surface area contributed by atoms with Gasteiger partial charge in [0.15, 0.2) is 5.82 Å². The Bertz CT molecular complexity index is 1160. The lowest BCUT2D eigenvalue weighted by Crippen LogP contribution is -2.36. The Kier molecular flexibility index (Phi) is 8.62. The zero-order valence-corrected chi connectivity index (χ0v) is 18.1. The lowest BCUT2D eigenvalue weighted by molar-refractivity contribution is -0.138. The van der Waals surface area contributed by atoms with E-state index in [4.69, 9.17) is 13.6 Å². The minimum absolute atomic E-state index is 0.140. The van der Waals surface area contributed by atoms with Crippen molar-refractivity contribution in [2.75, 3.05) is 0 Å². The van der Waals surface area contributed by atoms with Gasteiger partial charge in [0.1, 0.15) is 5.82 Å². The second-order valence-corrected chi connectivity index (χ2v) is 7.50. The molecular weight excluding hydrogens is 439 g/mol. The lowest BCUT2D eigenvalue weighted by Gasteiger charge is -2.22. The molecule has 0 bridgehead atoms. The number of hydroxylamine groups is 1. The summed E-state index contributed by atoms with van der Waals surface area (Å²) in [5, 5.41) is 8.79. The largest absolute Gasteiger partial charge is 0.335 e. The number of hydrogen-bond donors (Lipinski definition) is 2. The highest BCUT2D eigenvalue weighted by Gasteiger charge is 2.27. The third-order valence-corrected chi connectivity index (χ3v) is 4.79. The van der Waals surface area contributed by atoms with Crippen molar-refractivity contribution in [3.8, 4) is 22.5 Å². The standard InChI is InChI=1S/C21H21FN4O3.O2S/c1-21(2,20(28)25-29)8-11-26-13-17(22)16(12-18(26)27)14-4-6-15(7-5-14)19-23-9-3-10-24-19;1-3-2/h3-7,9-10,12-13,29H,8,11H2,1-2H3,(H,25,28);. The first-order chi connectivity index (χ1) is 15.2. The first-order valence-corrected chi connectivity index (χ1v) is 10.0. The number of aromatic nitrogens is 3. The van der Waals surface area contributed by atoms with Gasteiger partial charge in [-0.3, -0.25) is 14.8 Å². The molecule has 2 aromatic heterocycles. The zero-order chi connectivity index (χ0) is 23.7. The molecule has 0 saturated carbocycles. The Morgan fingerprint density at radius 3 is 2.28 bits per heavy atom. The van der Waals surface area contributed by atoms with E-state index in [1.54, 1.807) is 62.1 Å². The number of pyridine rings is 1. The molecule has 0 aliphatic heterocycles. The highest BCUT2D eigenvalue weighted by molar-refractivity contribution is 7.51. The van der Waals surface area contributed by atoms with Crippen LogP contribution in [0.3, 0.4) is 0 Å². The summed E-state index contributed by atoms with van der Waals surface area (Å²) in [6.07, 6.45) is 4.67. The van der Waals surface area contributed by atoms with Gasteiger partial charge in [0.05, 0.1) is 0 Å². The normalized spacial score (nSPS) is 10.6. The average molecular weight is 460 g/mol. The molecule has 32 heavy (non-hydrogen) atoms. The van der Waals surface area contributed by atoms with Crippen molar-refractivity contribution in [3.63, 3.8) is 0 Å². The van der Waals surface area contributed by atoms with E-state index >= 15 is 0 Å². The van der Waals surface area contributed by atoms with Crippen LogP contribution >= 0.6 is 0 Å². The van der Waals surface area contributed by atoms with Gasteiger partial charge in [0.2, 0.25) is 5.91 Å². The van der Waals surface area contributed by atoms with Gasteiger partial charge >= 0.3 is 11.6 Å². The van der Waals surface area contributed by atoms with Crippen LogP contribution in [0.4, 0.5) is 4.39 Å². The molecule has 0 spiro atoms. The van der Waals surface area contributed by atoms with Crippen molar-refractivity contribution in [2.24, 2.45) is 5.41 Å². The van der Waals surface area contributed by atoms with Crippen molar-refractivity contribution < 1.29 is 22.8 Å². The summed E-state index contributed by atoms with van der Waals surface area (Å²) >= 11 is -0.750. The van der Waals surface area contributed by atoms with Crippen LogP contribution in [0.1, 0.15) is 20.3 Å². The quantitative estimate of drug-likeness (QED) is 0.426. The van der Waals surface area contributed by atoms with Crippen LogP contribution in [-0.2, 0) is 22.9 Å². The van der Waals surface area contributed by atoms with Gasteiger partial charge in [0, 0.05) is 47.7 Å². The van der Waals surface area contributed by atoms with Crippen LogP contribution < -0.4 is 11.0 Å². The molecule has 11 heteroatoms. The van der Waals surface area contributed by atoms with Crippen LogP contribution in [0.25, 0.3) is 22.5 Å². The molecule has 0 unspecified atom stereocenters. The SMILES string of the molecule is CC(C)(CCn1cc(F)c(-c2ccc(-c3ncccn3)cc2)cc1=O)C(=O)NO.O=S=O. The van der Waals surface area contributed by atoms with Crippen LogP contribution in [0.15, 0.2) is 59.8 Å². The number of nitrogens with zero attached hydrogens (tertiary/aromatic N) is 3. The Morgan fingerprint density at radius 1 is 1.16 bits per heavy atom. The Balaban J connectivity index is 0.00000114. The minimum Gasteiger partial charge on any atom is -0.313 e. The number of amides is 1. The molecule has 3 aromatic rings. The van der Waals surface area contributed by atoms with Crippen LogP contribution in [0.2, 0.25) is 0 Å². The Hall–Kier alpha value is -3.57. The topological polar surface area (TPSA) is 131 Å². The van der Waals surface area contributed by atoms with Crippen molar-refractivity contribution in [2.45, 2.75) is 26.8 Å². The predicted molar refractivity (Wildman–Crippen MR) is 114 cm³/mol. The Labute approximate surface area is 186 Å². The number of halogens is 1. The molecule has 9 nitrogen and oxygen atoms in total. The van der Waals surface area contributed by atoms with Crippen LogP contribution in [0, 0.1) is 11.2 Å². The number of rotatable bonds is 6. The predicted octanol–water partition coefficient (Wildman–Crippen LogP) is 2.36. The summed E-state index contributed by atoms with van der Waals surface area (Å²) in [5.41, 5.74) is 1.86. The molecular formula is C21H21FN4O5S. The van der Waals surface area contributed by atoms with E-state index in [1.807, 2.05) is 0 Å². The van der Waals surface area contributed by atoms with Gasteiger partial charge in [0.25, 0.3) is 5.56 Å². The molecule has 1 amide bonds. The summed E-state index contributed by atoms with van der Waals surface area (Å²) < 4.78 is 32.5. The highest BCUT2D eigenvalue weighted by Crippen LogP contribution is 2.25. The fourth-order valence-electron chi connectivity index (χ4n) is 2.85. The third kappa shape index (κ3) is 6.22. The molecule has 0 aliphatic rings. The van der Waals surface area contributed by atoms with Crippen LogP contribution in [-0.4, -0.2) is 34.1 Å². The van der Waals surface area contributed by atoms with Gasteiger partial charge in [-0.15, -0.1) is 0 Å². The maximum atomic E-state index is 14.7. The molecule has 2 N–H and O–H groups in total. The van der Waals surface area contributed by atoms with Gasteiger partial charge in [-0.05, 0) is 18.1 Å². The summed E-state index contributed by atoms with van der Waals surface area (Å²) in [6, 6.07) is 9.92. The highest BCUT2D eigenvalue weighted by atomic mass is 32.1. The maximum Gasteiger partial charge on any atom is 0.335 e. The van der Waals surface area contributed by atoms with E-state index in [2.05, 4.69) is 9.97 Å². The molecule has 3 rings (SSSR count). The van der Waals surface area contributed by atoms with Crippen molar-refractivity contribution >= 4 is 17.5 Å². The number of hydrogen-bond acceptors (Lipinski definition) is 7. The smallest absolute Gasteiger partial charge is 0.313 e. The molecule has 1 aromatic carbocycles. The molecule has 0 atom stereocenters. The summed E-state index contributed by atoms with van der Waals surface area (Å²) in [7, 11) is 0. The zero-order valence-electron chi connectivity index (χ0n) is 17.3. The second-order valence-electron chi connectivity index (χ2n) is 7.36. The van der Waals surface area contributed by atoms with E-state index in [-0.39, 0.29) is 24.1 Å². The fourth-order valence-corrected chi connectivity index (χ4v) is 2.85. The van der Waals surface area contributed by atoms with Crippen molar-refractivity contribution in [1.29, 1.82) is 0 Å². The van der Waals surface area contributed by atoms with Crippen molar-refractivity contribution in [1.82, 2.24) is 20.0 Å². The average Bonchev–Trinajstić information content (AvgIpc) is 2.80. The molecule has 168 valence electrons. The number of carbonyl (C=O) groups excluding carboxylic acids is 1. The number of aryl methyl sites for hydroxylation is 1. The second kappa shape index (κ2) is 11.2. The van der Waals surface area contributed by atoms with E-state index < -0.39 is 28.7 Å². The van der Waals surface area contributed by atoms with Gasteiger partial charge < -0.3 is 4.57 Å². The minimum atomic E-state index is -0.904. The summed E-state index contributed by atoms with van der Waals surface area (Å²) in [4.78, 5) is 32.4. The molecule has 0 aliphatic carbocycles. The van der Waals surface area contributed by atoms with Crippen molar-refractivity contribution in [3.05, 3.63) is 71.2 Å². The molecule has 0 saturated heterocycles. The number of carbonyl (C=O) groups is 1. The number of benzene rings is 1. The number of nitrogens with one attached hydrogen (secondary N) is 1. The first-order valence-electron chi connectivity index (χ1n) is 9.37. The first kappa shape index (κ1) is 24.7. The molecule has 0 radical (unpaired) electrons. The summed E-state index contributed by atoms with van der Waals surface area (Å²) in [5.74, 6) is -0.549. The van der Waals surface area contributed by atoms with Gasteiger partial charge in [-0.2, -0.15) is 8.42 Å². The molecule has 2 heterocycles. The van der Waals surface area contributed by atoms with Crippen LogP contribution in [0.5, 0.6) is 0 Å². The molecule has 0 fully saturated rings. The monoisotopic (exact) mass is 460 g/mol. The van der Waals surface area contributed by atoms with Gasteiger partial charge in [-0.25, -0.2) is 19.8 Å². The van der Waals surface area contributed by atoms with Gasteiger partial charge in [-0.1, -0.05) is 38.1 Å². The van der Waals surface area contributed by atoms with E-state index in [0.29, 0.717) is 11.4 Å². The fraction of sp³-hybridized carbons (Fsp3) is 0.238. The third-order valence-electron chi connectivity index (χ3n) is 4.79. The Morgan fingerprint density at radius 2 is 1.72 bits per heavy atom.